The Hall–Kier alpha value is -2.92. The maximum Gasteiger partial charge on any atom is 0.416 e. The van der Waals surface area contributed by atoms with Crippen LogP contribution in [-0.2, 0) is 30.5 Å². The summed E-state index contributed by atoms with van der Waals surface area (Å²) in [6, 6.07) is 5.45. The van der Waals surface area contributed by atoms with Crippen LogP contribution in [0.25, 0.3) is 10.2 Å². The molecule has 4 heterocycles. The molecule has 186 valence electrons. The van der Waals surface area contributed by atoms with E-state index in [1.165, 1.54) is 23.5 Å². The number of carbonyl (C=O) groups excluding carboxylic acids is 1. The second kappa shape index (κ2) is 9.27. The number of carbonyl (C=O) groups is 1. The van der Waals surface area contributed by atoms with Crippen LogP contribution in [0.1, 0.15) is 22.9 Å². The van der Waals surface area contributed by atoms with Crippen molar-refractivity contribution < 1.29 is 18.0 Å². The van der Waals surface area contributed by atoms with E-state index >= 15 is 0 Å². The third-order valence-electron chi connectivity index (χ3n) is 6.84. The Balaban J connectivity index is 1.23. The molecule has 0 bridgehead atoms. The van der Waals surface area contributed by atoms with Gasteiger partial charge in [-0.2, -0.15) is 13.2 Å². The molecule has 1 aromatic carbocycles. The summed E-state index contributed by atoms with van der Waals surface area (Å²) in [5.41, 5.74) is 0.913. The fourth-order valence-electron chi connectivity index (χ4n) is 4.80. The van der Waals surface area contributed by atoms with E-state index in [4.69, 9.17) is 0 Å². The summed E-state index contributed by atoms with van der Waals surface area (Å²) >= 11 is 1.49. The van der Waals surface area contributed by atoms with Gasteiger partial charge >= 0.3 is 6.18 Å². The van der Waals surface area contributed by atoms with Gasteiger partial charge in [0.05, 0.1) is 23.8 Å². The number of piperazine rings is 1. The molecule has 0 aliphatic carbocycles. The molecule has 0 radical (unpaired) electrons. The van der Waals surface area contributed by atoms with Crippen molar-refractivity contribution in [2.75, 3.05) is 44.2 Å². The van der Waals surface area contributed by atoms with Crippen molar-refractivity contribution in [2.45, 2.75) is 32.6 Å². The quantitative estimate of drug-likeness (QED) is 0.545. The highest BCUT2D eigenvalue weighted by Gasteiger charge is 2.31. The van der Waals surface area contributed by atoms with E-state index < -0.39 is 11.7 Å². The lowest BCUT2D eigenvalue weighted by atomic mass is 10.1. The molecule has 0 unspecified atom stereocenters. The predicted octanol–water partition coefficient (Wildman–Crippen LogP) is 3.20. The van der Waals surface area contributed by atoms with Gasteiger partial charge < -0.3 is 9.80 Å². The number of benzene rings is 1. The van der Waals surface area contributed by atoms with Crippen LogP contribution in [0.2, 0.25) is 0 Å². The van der Waals surface area contributed by atoms with Gasteiger partial charge in [-0.05, 0) is 30.2 Å². The highest BCUT2D eigenvalue weighted by atomic mass is 32.1. The molecule has 2 aromatic heterocycles. The first-order chi connectivity index (χ1) is 16.7. The number of nitrogens with zero attached hydrogens (tertiary/aromatic N) is 5. The Morgan fingerprint density at radius 1 is 1.11 bits per heavy atom. The minimum atomic E-state index is -4.35. The summed E-state index contributed by atoms with van der Waals surface area (Å²) in [7, 11) is 0. The normalized spacial score (nSPS) is 17.1. The van der Waals surface area contributed by atoms with Gasteiger partial charge in [0.15, 0.2) is 0 Å². The van der Waals surface area contributed by atoms with E-state index in [2.05, 4.69) is 9.88 Å². The molecule has 1 amide bonds. The SMILES string of the molecule is CC(=O)N1CCc2c(sc3ncn(CCN4CCN(c5cccc(C(F)(F)F)c5)CC4)c(=O)c23)C1. The lowest BCUT2D eigenvalue weighted by Gasteiger charge is -2.36. The van der Waals surface area contributed by atoms with Crippen LogP contribution in [0, 0.1) is 0 Å². The topological polar surface area (TPSA) is 61.7 Å². The van der Waals surface area contributed by atoms with Crippen molar-refractivity contribution in [3.8, 4) is 0 Å². The lowest BCUT2D eigenvalue weighted by molar-refractivity contribution is -0.137. The first-order valence-electron chi connectivity index (χ1n) is 11.6. The maximum atomic E-state index is 13.2. The van der Waals surface area contributed by atoms with Gasteiger partial charge in [-0.25, -0.2) is 4.98 Å². The Morgan fingerprint density at radius 3 is 2.60 bits per heavy atom. The van der Waals surface area contributed by atoms with Crippen molar-refractivity contribution in [2.24, 2.45) is 0 Å². The van der Waals surface area contributed by atoms with Gasteiger partial charge in [-0.3, -0.25) is 19.1 Å². The highest BCUT2D eigenvalue weighted by molar-refractivity contribution is 7.18. The summed E-state index contributed by atoms with van der Waals surface area (Å²) in [4.78, 5) is 37.2. The van der Waals surface area contributed by atoms with Crippen LogP contribution in [0.15, 0.2) is 35.4 Å². The molecular weight excluding hydrogens is 479 g/mol. The summed E-state index contributed by atoms with van der Waals surface area (Å²) in [5, 5.41) is 0.671. The van der Waals surface area contributed by atoms with Gasteiger partial charge in [-0.1, -0.05) is 6.07 Å². The standard InChI is InChI=1S/C24H26F3N5O2S/c1-16(33)31-6-5-19-20(14-31)35-22-21(19)23(34)32(15-28-22)12-9-29-7-10-30(11-8-29)18-4-2-3-17(13-18)24(25,26)27/h2-4,13,15H,5-12,14H2,1H3. The number of thiophene rings is 1. The molecule has 11 heteroatoms. The summed E-state index contributed by atoms with van der Waals surface area (Å²) in [6.07, 6.45) is -2.10. The molecule has 35 heavy (non-hydrogen) atoms. The van der Waals surface area contributed by atoms with Crippen LogP contribution in [0.5, 0.6) is 0 Å². The number of halogens is 3. The molecule has 7 nitrogen and oxygen atoms in total. The number of aromatic nitrogens is 2. The number of alkyl halides is 3. The van der Waals surface area contributed by atoms with Gasteiger partial charge in [0.1, 0.15) is 4.83 Å². The van der Waals surface area contributed by atoms with E-state index in [1.807, 2.05) is 4.90 Å². The smallest absolute Gasteiger partial charge is 0.369 e. The van der Waals surface area contributed by atoms with Crippen molar-refractivity contribution in [1.82, 2.24) is 19.4 Å². The largest absolute Gasteiger partial charge is 0.416 e. The third-order valence-corrected chi connectivity index (χ3v) is 7.97. The van der Waals surface area contributed by atoms with Crippen molar-refractivity contribution in [3.05, 3.63) is 57.0 Å². The Labute approximate surface area is 204 Å². The zero-order valence-corrected chi connectivity index (χ0v) is 20.2. The van der Waals surface area contributed by atoms with E-state index in [9.17, 15) is 22.8 Å². The number of anilines is 1. The van der Waals surface area contributed by atoms with Crippen molar-refractivity contribution in [3.63, 3.8) is 0 Å². The van der Waals surface area contributed by atoms with E-state index in [-0.39, 0.29) is 11.5 Å². The van der Waals surface area contributed by atoms with Crippen molar-refractivity contribution in [1.29, 1.82) is 0 Å². The van der Waals surface area contributed by atoms with Gasteiger partial charge in [0, 0.05) is 63.3 Å². The minimum Gasteiger partial charge on any atom is -0.369 e. The zero-order valence-electron chi connectivity index (χ0n) is 19.3. The van der Waals surface area contributed by atoms with Gasteiger partial charge in [0.2, 0.25) is 5.91 Å². The fourth-order valence-corrected chi connectivity index (χ4v) is 6.00. The van der Waals surface area contributed by atoms with E-state index in [1.54, 1.807) is 28.8 Å². The molecular formula is C24H26F3N5O2S. The first kappa shape index (κ1) is 23.8. The van der Waals surface area contributed by atoms with Gasteiger partial charge in [0.25, 0.3) is 5.56 Å². The zero-order chi connectivity index (χ0) is 24.7. The minimum absolute atomic E-state index is 0.0339. The van der Waals surface area contributed by atoms with Gasteiger partial charge in [-0.15, -0.1) is 11.3 Å². The Bertz CT molecular complexity index is 1310. The van der Waals surface area contributed by atoms with Crippen LogP contribution in [0.3, 0.4) is 0 Å². The fraction of sp³-hybridized carbons (Fsp3) is 0.458. The Kier molecular flexibility index (Phi) is 6.30. The number of rotatable bonds is 4. The first-order valence-corrected chi connectivity index (χ1v) is 12.4. The number of amides is 1. The predicted molar refractivity (Wildman–Crippen MR) is 129 cm³/mol. The average Bonchev–Trinajstić information content (AvgIpc) is 3.22. The molecule has 1 fully saturated rings. The van der Waals surface area contributed by atoms with Crippen LogP contribution in [0.4, 0.5) is 18.9 Å². The van der Waals surface area contributed by atoms with E-state index in [0.29, 0.717) is 69.9 Å². The molecule has 3 aromatic rings. The average molecular weight is 506 g/mol. The molecule has 5 rings (SSSR count). The van der Waals surface area contributed by atoms with Crippen LogP contribution in [-0.4, -0.2) is 64.5 Å². The van der Waals surface area contributed by atoms with E-state index in [0.717, 1.165) is 21.3 Å². The third kappa shape index (κ3) is 4.79. The van der Waals surface area contributed by atoms with Crippen molar-refractivity contribution >= 4 is 33.1 Å². The second-order valence-electron chi connectivity index (χ2n) is 8.99. The molecule has 2 aliphatic rings. The lowest BCUT2D eigenvalue weighted by Crippen LogP contribution is -2.47. The van der Waals surface area contributed by atoms with Crippen LogP contribution >= 0.6 is 11.3 Å². The number of hydrogen-bond donors (Lipinski definition) is 0. The number of hydrogen-bond acceptors (Lipinski definition) is 6. The Morgan fingerprint density at radius 2 is 1.89 bits per heavy atom. The second-order valence-corrected chi connectivity index (χ2v) is 10.1. The summed E-state index contributed by atoms with van der Waals surface area (Å²) in [6.45, 7) is 6.51. The van der Waals surface area contributed by atoms with Crippen LogP contribution < -0.4 is 10.5 Å². The monoisotopic (exact) mass is 505 g/mol. The molecule has 0 atom stereocenters. The summed E-state index contributed by atoms with van der Waals surface area (Å²) in [5.74, 6) is 0.0339. The molecule has 0 spiro atoms. The number of fused-ring (bicyclic) bond motifs is 3. The molecule has 1 saturated heterocycles. The molecule has 2 aliphatic heterocycles. The highest BCUT2D eigenvalue weighted by Crippen LogP contribution is 2.33. The summed E-state index contributed by atoms with van der Waals surface area (Å²) < 4.78 is 40.8. The molecule has 0 N–H and O–H groups in total. The molecule has 0 saturated carbocycles. The maximum absolute atomic E-state index is 13.2.